The van der Waals surface area contributed by atoms with Crippen molar-refractivity contribution < 1.29 is 13.2 Å². The van der Waals surface area contributed by atoms with Gasteiger partial charge in [-0.15, -0.1) is 0 Å². The smallest absolute Gasteiger partial charge is 0.241 e. The van der Waals surface area contributed by atoms with E-state index in [4.69, 9.17) is 16.6 Å². The number of carbonyl (C=O) groups excluding carboxylic acids is 1. The van der Waals surface area contributed by atoms with Gasteiger partial charge in [0.2, 0.25) is 15.9 Å². The molecule has 0 radical (unpaired) electrons. The average Bonchev–Trinajstić information content (AvgIpc) is 3.15. The summed E-state index contributed by atoms with van der Waals surface area (Å²) in [6.45, 7) is 4.92. The number of nitrogens with zero attached hydrogens (tertiary/aromatic N) is 4. The molecule has 1 amide bonds. The number of sulfonamides is 1. The van der Waals surface area contributed by atoms with Crippen LogP contribution >= 0.6 is 22.9 Å². The number of benzene rings is 1. The van der Waals surface area contributed by atoms with Crippen molar-refractivity contribution in [3.8, 4) is 0 Å². The van der Waals surface area contributed by atoms with E-state index in [1.165, 1.54) is 10.6 Å². The van der Waals surface area contributed by atoms with E-state index in [1.54, 1.807) is 16.2 Å². The second-order valence-corrected chi connectivity index (χ2v) is 11.1. The van der Waals surface area contributed by atoms with Crippen molar-refractivity contribution >= 4 is 54.2 Å². The average molecular weight is 457 g/mol. The number of fused-ring (bicyclic) bond motifs is 1. The maximum atomic E-state index is 13.1. The molecule has 0 aliphatic carbocycles. The van der Waals surface area contributed by atoms with Crippen LogP contribution in [-0.2, 0) is 14.8 Å². The highest BCUT2D eigenvalue weighted by molar-refractivity contribution is 7.88. The summed E-state index contributed by atoms with van der Waals surface area (Å²) in [6, 6.07) is 3.33. The molecule has 10 heteroatoms. The van der Waals surface area contributed by atoms with Crippen molar-refractivity contribution in [1.82, 2.24) is 14.2 Å². The predicted octanol–water partition coefficient (Wildman–Crippen LogP) is 2.72. The Morgan fingerprint density at radius 1 is 1.17 bits per heavy atom. The molecule has 3 heterocycles. The number of amides is 1. The number of anilines is 1. The van der Waals surface area contributed by atoms with Gasteiger partial charge in [0.25, 0.3) is 0 Å². The molecule has 1 aromatic heterocycles. The topological polar surface area (TPSA) is 73.8 Å². The maximum Gasteiger partial charge on any atom is 0.241 e. The van der Waals surface area contributed by atoms with Crippen molar-refractivity contribution in [2.75, 3.05) is 43.9 Å². The summed E-state index contributed by atoms with van der Waals surface area (Å²) in [6.07, 6.45) is 3.49. The van der Waals surface area contributed by atoms with Crippen molar-refractivity contribution in [2.45, 2.75) is 32.2 Å². The summed E-state index contributed by atoms with van der Waals surface area (Å²) < 4.78 is 26.7. The largest absolute Gasteiger partial charge is 0.345 e. The van der Waals surface area contributed by atoms with Crippen LogP contribution in [0.4, 0.5) is 5.13 Å². The van der Waals surface area contributed by atoms with Gasteiger partial charge < -0.3 is 9.80 Å². The van der Waals surface area contributed by atoms with Gasteiger partial charge in [-0.2, -0.15) is 4.31 Å². The molecule has 0 saturated carbocycles. The Kier molecular flexibility index (Phi) is 5.76. The van der Waals surface area contributed by atoms with Crippen molar-refractivity contribution in [3.63, 3.8) is 0 Å². The fourth-order valence-corrected chi connectivity index (χ4v) is 6.45. The van der Waals surface area contributed by atoms with Crippen LogP contribution in [0.15, 0.2) is 12.1 Å². The van der Waals surface area contributed by atoms with E-state index >= 15 is 0 Å². The number of hydrogen-bond donors (Lipinski definition) is 0. The molecule has 0 N–H and O–H groups in total. The van der Waals surface area contributed by atoms with Crippen LogP contribution in [0.25, 0.3) is 10.2 Å². The molecule has 7 nitrogen and oxygen atoms in total. The van der Waals surface area contributed by atoms with Gasteiger partial charge >= 0.3 is 0 Å². The summed E-state index contributed by atoms with van der Waals surface area (Å²) in [7, 11) is -3.38. The Morgan fingerprint density at radius 2 is 1.90 bits per heavy atom. The first-order chi connectivity index (χ1) is 13.8. The lowest BCUT2D eigenvalue weighted by Crippen LogP contribution is -2.57. The molecule has 2 aliphatic heterocycles. The van der Waals surface area contributed by atoms with Crippen molar-refractivity contribution in [3.05, 3.63) is 22.7 Å². The molecule has 29 heavy (non-hydrogen) atoms. The normalized spacial score (nSPS) is 21.7. The second kappa shape index (κ2) is 8.02. The van der Waals surface area contributed by atoms with Crippen LogP contribution in [0.5, 0.6) is 0 Å². The SMILES string of the molecule is Cc1c(Cl)ccc2sc(N3CCN(C(=O)C4CCCCN4S(C)(=O)=O)CC3)nc12. The highest BCUT2D eigenvalue weighted by atomic mass is 35.5. The van der Waals surface area contributed by atoms with Gasteiger partial charge in [-0.3, -0.25) is 4.79 Å². The Labute approximate surface area is 180 Å². The van der Waals surface area contributed by atoms with E-state index in [2.05, 4.69) is 4.90 Å². The zero-order valence-electron chi connectivity index (χ0n) is 16.6. The van der Waals surface area contributed by atoms with E-state index in [0.29, 0.717) is 44.2 Å². The Balaban J connectivity index is 1.45. The number of piperazine rings is 1. The zero-order valence-corrected chi connectivity index (χ0v) is 19.0. The van der Waals surface area contributed by atoms with E-state index in [-0.39, 0.29) is 5.91 Å². The number of aryl methyl sites for hydroxylation is 1. The lowest BCUT2D eigenvalue weighted by Gasteiger charge is -2.39. The summed E-state index contributed by atoms with van der Waals surface area (Å²) in [5.41, 5.74) is 1.92. The molecular weight excluding hydrogens is 432 g/mol. The molecule has 4 rings (SSSR count). The van der Waals surface area contributed by atoms with Crippen LogP contribution in [0.1, 0.15) is 24.8 Å². The molecule has 0 bridgehead atoms. The monoisotopic (exact) mass is 456 g/mol. The van der Waals surface area contributed by atoms with Gasteiger partial charge in [0.05, 0.1) is 16.5 Å². The summed E-state index contributed by atoms with van der Waals surface area (Å²) in [5, 5.41) is 1.65. The molecule has 2 saturated heterocycles. The minimum absolute atomic E-state index is 0.0679. The molecule has 1 aromatic carbocycles. The lowest BCUT2D eigenvalue weighted by atomic mass is 10.0. The molecule has 2 aliphatic rings. The molecule has 158 valence electrons. The van der Waals surface area contributed by atoms with E-state index in [0.717, 1.165) is 33.8 Å². The third-order valence-corrected chi connectivity index (χ3v) is 8.54. The van der Waals surface area contributed by atoms with E-state index in [9.17, 15) is 13.2 Å². The van der Waals surface area contributed by atoms with Crippen LogP contribution in [-0.4, -0.2) is 73.5 Å². The second-order valence-electron chi connectivity index (χ2n) is 7.71. The highest BCUT2D eigenvalue weighted by Gasteiger charge is 2.37. The molecule has 1 unspecified atom stereocenters. The first kappa shape index (κ1) is 20.8. The number of hydrogen-bond acceptors (Lipinski definition) is 6. The third kappa shape index (κ3) is 4.10. The highest BCUT2D eigenvalue weighted by Crippen LogP contribution is 2.34. The number of rotatable bonds is 3. The molecular formula is C19H25ClN4O3S2. The fraction of sp³-hybridized carbons (Fsp3) is 0.579. The van der Waals surface area contributed by atoms with Gasteiger partial charge in [0.15, 0.2) is 5.13 Å². The number of aromatic nitrogens is 1. The van der Waals surface area contributed by atoms with Gasteiger partial charge in [-0.05, 0) is 37.5 Å². The maximum absolute atomic E-state index is 13.1. The fourth-order valence-electron chi connectivity index (χ4n) is 4.10. The van der Waals surface area contributed by atoms with Crippen LogP contribution in [0, 0.1) is 6.92 Å². The van der Waals surface area contributed by atoms with Gasteiger partial charge in [0, 0.05) is 37.7 Å². The summed E-state index contributed by atoms with van der Waals surface area (Å²) in [4.78, 5) is 21.8. The summed E-state index contributed by atoms with van der Waals surface area (Å²) >= 11 is 7.85. The van der Waals surface area contributed by atoms with E-state index in [1.807, 2.05) is 19.1 Å². The molecule has 1 atom stereocenters. The number of halogens is 1. The molecule has 0 spiro atoms. The predicted molar refractivity (Wildman–Crippen MR) is 117 cm³/mol. The van der Waals surface area contributed by atoms with Gasteiger partial charge in [-0.1, -0.05) is 29.4 Å². The Bertz CT molecular complexity index is 1030. The molecule has 2 fully saturated rings. The Morgan fingerprint density at radius 3 is 2.59 bits per heavy atom. The Hall–Kier alpha value is -1.42. The number of piperidine rings is 1. The van der Waals surface area contributed by atoms with Gasteiger partial charge in [-0.25, -0.2) is 13.4 Å². The summed E-state index contributed by atoms with van der Waals surface area (Å²) in [5.74, 6) is -0.0679. The number of carbonyl (C=O) groups is 1. The van der Waals surface area contributed by atoms with Gasteiger partial charge in [0.1, 0.15) is 6.04 Å². The van der Waals surface area contributed by atoms with Crippen LogP contribution in [0.2, 0.25) is 5.02 Å². The van der Waals surface area contributed by atoms with Crippen molar-refractivity contribution in [2.24, 2.45) is 0 Å². The third-order valence-electron chi connectivity index (χ3n) is 5.76. The zero-order chi connectivity index (χ0) is 20.8. The minimum atomic E-state index is -3.38. The molecule has 2 aromatic rings. The lowest BCUT2D eigenvalue weighted by molar-refractivity contribution is -0.136. The quantitative estimate of drug-likeness (QED) is 0.710. The van der Waals surface area contributed by atoms with Crippen molar-refractivity contribution in [1.29, 1.82) is 0 Å². The first-order valence-electron chi connectivity index (χ1n) is 9.82. The standard InChI is InChI=1S/C19H25ClN4O3S2/c1-13-14(20)6-7-16-17(13)21-19(28-16)23-11-9-22(10-12-23)18(25)15-5-3-4-8-24(15)29(2,26)27/h6-7,15H,3-5,8-12H2,1-2H3. The number of thiazole rings is 1. The van der Waals surface area contributed by atoms with Crippen LogP contribution in [0.3, 0.4) is 0 Å². The minimum Gasteiger partial charge on any atom is -0.345 e. The first-order valence-corrected chi connectivity index (χ1v) is 12.9. The van der Waals surface area contributed by atoms with Crippen LogP contribution < -0.4 is 4.90 Å². The van der Waals surface area contributed by atoms with E-state index < -0.39 is 16.1 Å².